The largest absolute Gasteiger partial charge is 0.351 e. The van der Waals surface area contributed by atoms with Crippen molar-refractivity contribution in [2.24, 2.45) is 5.92 Å². The van der Waals surface area contributed by atoms with E-state index in [9.17, 15) is 9.59 Å². The molecule has 1 heterocycles. The number of benzene rings is 1. The van der Waals surface area contributed by atoms with E-state index < -0.39 is 0 Å². The van der Waals surface area contributed by atoms with Crippen LogP contribution in [0.5, 0.6) is 0 Å². The van der Waals surface area contributed by atoms with E-state index in [1.807, 2.05) is 35.2 Å². The molecule has 136 valence electrons. The van der Waals surface area contributed by atoms with Crippen LogP contribution >= 0.6 is 0 Å². The highest BCUT2D eigenvalue weighted by Gasteiger charge is 2.24. The standard InChI is InChI=1S/C19H28N4O2/c24-18(21-13-16-4-2-1-3-5-16)15-22-8-10-23(11-9-22)19(25)14-20-12-17-6-7-17/h1-5,17,20H,6-15H2,(H,21,24). The first-order chi connectivity index (χ1) is 12.2. The summed E-state index contributed by atoms with van der Waals surface area (Å²) in [4.78, 5) is 28.2. The molecule has 1 aromatic carbocycles. The first kappa shape index (κ1) is 17.9. The number of piperazine rings is 1. The highest BCUT2D eigenvalue weighted by atomic mass is 16.2. The molecule has 3 rings (SSSR count). The molecule has 0 unspecified atom stereocenters. The number of hydrogen-bond acceptors (Lipinski definition) is 4. The second kappa shape index (κ2) is 8.97. The lowest BCUT2D eigenvalue weighted by molar-refractivity contribution is -0.132. The summed E-state index contributed by atoms with van der Waals surface area (Å²) in [5.41, 5.74) is 1.10. The predicted molar refractivity (Wildman–Crippen MR) is 96.9 cm³/mol. The molecule has 1 aromatic rings. The van der Waals surface area contributed by atoms with Crippen LogP contribution in [-0.2, 0) is 16.1 Å². The minimum atomic E-state index is 0.0368. The average molecular weight is 344 g/mol. The van der Waals surface area contributed by atoms with Gasteiger partial charge < -0.3 is 15.5 Å². The summed E-state index contributed by atoms with van der Waals surface area (Å²) in [6.45, 7) is 5.28. The maximum Gasteiger partial charge on any atom is 0.236 e. The van der Waals surface area contributed by atoms with Gasteiger partial charge in [0, 0.05) is 32.7 Å². The van der Waals surface area contributed by atoms with Crippen LogP contribution in [0.4, 0.5) is 0 Å². The molecule has 6 heteroatoms. The minimum Gasteiger partial charge on any atom is -0.351 e. The normalized spacial score (nSPS) is 18.2. The summed E-state index contributed by atoms with van der Waals surface area (Å²) in [5, 5.41) is 6.20. The molecule has 6 nitrogen and oxygen atoms in total. The minimum absolute atomic E-state index is 0.0368. The van der Waals surface area contributed by atoms with E-state index >= 15 is 0 Å². The zero-order valence-electron chi connectivity index (χ0n) is 14.7. The third-order valence-electron chi connectivity index (χ3n) is 4.83. The van der Waals surface area contributed by atoms with Crippen molar-refractivity contribution in [1.82, 2.24) is 20.4 Å². The average Bonchev–Trinajstić information content (AvgIpc) is 3.46. The van der Waals surface area contributed by atoms with Crippen molar-refractivity contribution in [2.45, 2.75) is 19.4 Å². The predicted octanol–water partition coefficient (Wildman–Crippen LogP) is 0.447. The van der Waals surface area contributed by atoms with Gasteiger partial charge in [0.05, 0.1) is 13.1 Å². The van der Waals surface area contributed by atoms with Gasteiger partial charge in [-0.15, -0.1) is 0 Å². The topological polar surface area (TPSA) is 64.7 Å². The summed E-state index contributed by atoms with van der Waals surface area (Å²) >= 11 is 0. The molecule has 1 aliphatic heterocycles. The SMILES string of the molecule is O=C(CN1CCN(C(=O)CNCC2CC2)CC1)NCc1ccccc1. The van der Waals surface area contributed by atoms with Gasteiger partial charge in [0.15, 0.2) is 0 Å². The molecule has 0 spiro atoms. The summed E-state index contributed by atoms with van der Waals surface area (Å²) in [6.07, 6.45) is 2.60. The van der Waals surface area contributed by atoms with Gasteiger partial charge in [0.2, 0.25) is 11.8 Å². The highest BCUT2D eigenvalue weighted by Crippen LogP contribution is 2.27. The Morgan fingerprint density at radius 1 is 1.04 bits per heavy atom. The molecule has 0 atom stereocenters. The van der Waals surface area contributed by atoms with Crippen LogP contribution in [-0.4, -0.2) is 67.4 Å². The third-order valence-corrected chi connectivity index (χ3v) is 4.83. The number of carbonyl (C=O) groups is 2. The van der Waals surface area contributed by atoms with E-state index in [0.29, 0.717) is 32.7 Å². The van der Waals surface area contributed by atoms with E-state index in [1.165, 1.54) is 12.8 Å². The maximum absolute atomic E-state index is 12.2. The van der Waals surface area contributed by atoms with E-state index in [0.717, 1.165) is 31.1 Å². The fourth-order valence-corrected chi connectivity index (χ4v) is 3.03. The Balaban J connectivity index is 1.30. The first-order valence-corrected chi connectivity index (χ1v) is 9.22. The Hall–Kier alpha value is -1.92. The first-order valence-electron chi connectivity index (χ1n) is 9.22. The van der Waals surface area contributed by atoms with Gasteiger partial charge >= 0.3 is 0 Å². The van der Waals surface area contributed by atoms with Crippen LogP contribution in [0, 0.1) is 5.92 Å². The lowest BCUT2D eigenvalue weighted by Crippen LogP contribution is -2.52. The highest BCUT2D eigenvalue weighted by molar-refractivity contribution is 5.79. The van der Waals surface area contributed by atoms with Gasteiger partial charge in [-0.2, -0.15) is 0 Å². The second-order valence-electron chi connectivity index (χ2n) is 6.99. The van der Waals surface area contributed by atoms with Gasteiger partial charge in [-0.3, -0.25) is 14.5 Å². The molecule has 25 heavy (non-hydrogen) atoms. The van der Waals surface area contributed by atoms with Crippen LogP contribution in [0.25, 0.3) is 0 Å². The Labute approximate surface area is 149 Å². The maximum atomic E-state index is 12.2. The van der Waals surface area contributed by atoms with Gasteiger partial charge in [-0.25, -0.2) is 0 Å². The van der Waals surface area contributed by atoms with Gasteiger partial charge in [0.1, 0.15) is 0 Å². The quantitative estimate of drug-likeness (QED) is 0.719. The molecule has 2 fully saturated rings. The third kappa shape index (κ3) is 6.14. The number of rotatable bonds is 8. The Morgan fingerprint density at radius 3 is 2.44 bits per heavy atom. The van der Waals surface area contributed by atoms with Crippen molar-refractivity contribution in [3.8, 4) is 0 Å². The Kier molecular flexibility index (Phi) is 6.42. The van der Waals surface area contributed by atoms with Crippen molar-refractivity contribution in [3.05, 3.63) is 35.9 Å². The van der Waals surface area contributed by atoms with E-state index in [1.54, 1.807) is 0 Å². The van der Waals surface area contributed by atoms with Gasteiger partial charge in [0.25, 0.3) is 0 Å². The molecule has 1 aliphatic carbocycles. The fraction of sp³-hybridized carbons (Fsp3) is 0.579. The summed E-state index contributed by atoms with van der Waals surface area (Å²) in [5.74, 6) is 1.00. The van der Waals surface area contributed by atoms with Crippen LogP contribution in [0.1, 0.15) is 18.4 Å². The molecular weight excluding hydrogens is 316 g/mol. The summed E-state index contributed by atoms with van der Waals surface area (Å²) < 4.78 is 0. The molecule has 0 bridgehead atoms. The molecule has 0 radical (unpaired) electrons. The number of nitrogens with zero attached hydrogens (tertiary/aromatic N) is 2. The van der Waals surface area contributed by atoms with Gasteiger partial charge in [-0.05, 0) is 30.9 Å². The number of nitrogens with one attached hydrogen (secondary N) is 2. The van der Waals surface area contributed by atoms with Crippen molar-refractivity contribution in [2.75, 3.05) is 45.8 Å². The molecule has 0 aromatic heterocycles. The molecule has 2 aliphatic rings. The molecule has 2 amide bonds. The lowest BCUT2D eigenvalue weighted by Gasteiger charge is -2.34. The van der Waals surface area contributed by atoms with Gasteiger partial charge in [-0.1, -0.05) is 30.3 Å². The van der Waals surface area contributed by atoms with E-state index in [-0.39, 0.29) is 11.8 Å². The second-order valence-corrected chi connectivity index (χ2v) is 6.99. The van der Waals surface area contributed by atoms with Crippen LogP contribution in [0.2, 0.25) is 0 Å². The Bertz CT molecular complexity index is 566. The Morgan fingerprint density at radius 2 is 1.76 bits per heavy atom. The number of amides is 2. The van der Waals surface area contributed by atoms with Crippen molar-refractivity contribution >= 4 is 11.8 Å². The zero-order valence-corrected chi connectivity index (χ0v) is 14.7. The van der Waals surface area contributed by atoms with Crippen LogP contribution in [0.3, 0.4) is 0 Å². The number of hydrogen-bond donors (Lipinski definition) is 2. The van der Waals surface area contributed by atoms with Crippen LogP contribution in [0.15, 0.2) is 30.3 Å². The molecular formula is C19H28N4O2. The van der Waals surface area contributed by atoms with Crippen LogP contribution < -0.4 is 10.6 Å². The summed E-state index contributed by atoms with van der Waals surface area (Å²) in [7, 11) is 0. The van der Waals surface area contributed by atoms with Crippen molar-refractivity contribution < 1.29 is 9.59 Å². The zero-order chi connectivity index (χ0) is 17.5. The molecule has 1 saturated carbocycles. The summed E-state index contributed by atoms with van der Waals surface area (Å²) in [6, 6.07) is 9.91. The van der Waals surface area contributed by atoms with Crippen molar-refractivity contribution in [3.63, 3.8) is 0 Å². The number of carbonyl (C=O) groups excluding carboxylic acids is 2. The van der Waals surface area contributed by atoms with Crippen molar-refractivity contribution in [1.29, 1.82) is 0 Å². The van der Waals surface area contributed by atoms with E-state index in [4.69, 9.17) is 0 Å². The monoisotopic (exact) mass is 344 g/mol. The smallest absolute Gasteiger partial charge is 0.236 e. The lowest BCUT2D eigenvalue weighted by atomic mass is 10.2. The fourth-order valence-electron chi connectivity index (χ4n) is 3.03. The molecule has 2 N–H and O–H groups in total. The molecule has 1 saturated heterocycles. The van der Waals surface area contributed by atoms with E-state index in [2.05, 4.69) is 15.5 Å².